The van der Waals surface area contributed by atoms with E-state index in [1.165, 1.54) is 4.88 Å². The Morgan fingerprint density at radius 1 is 1.37 bits per heavy atom. The summed E-state index contributed by atoms with van der Waals surface area (Å²) < 4.78 is 2.09. The molecule has 0 atom stereocenters. The van der Waals surface area contributed by atoms with Gasteiger partial charge in [0.05, 0.1) is 23.5 Å². The van der Waals surface area contributed by atoms with Gasteiger partial charge in [0.25, 0.3) is 0 Å². The van der Waals surface area contributed by atoms with Crippen LogP contribution in [0.1, 0.15) is 15.7 Å². The van der Waals surface area contributed by atoms with Gasteiger partial charge < -0.3 is 4.57 Å². The Hall–Kier alpha value is -1.10. The number of alkyl halides is 1. The second kappa shape index (κ2) is 5.12. The Kier molecular flexibility index (Phi) is 3.48. The lowest BCUT2D eigenvalue weighted by molar-refractivity contribution is 0.773. The maximum Gasteiger partial charge on any atom is 0.125 e. The zero-order valence-corrected chi connectivity index (χ0v) is 12.6. The Labute approximate surface area is 124 Å². The van der Waals surface area contributed by atoms with Crippen LogP contribution in [0.15, 0.2) is 24.4 Å². The van der Waals surface area contributed by atoms with Crippen molar-refractivity contribution >= 4 is 45.6 Å². The molecule has 19 heavy (non-hydrogen) atoms. The van der Waals surface area contributed by atoms with Crippen LogP contribution in [0.5, 0.6) is 0 Å². The van der Waals surface area contributed by atoms with Crippen LogP contribution in [0.2, 0.25) is 5.02 Å². The lowest BCUT2D eigenvalue weighted by Crippen LogP contribution is -2.03. The van der Waals surface area contributed by atoms with Crippen molar-refractivity contribution in [2.75, 3.05) is 0 Å². The molecular formula is C13H11Cl2N3S. The summed E-state index contributed by atoms with van der Waals surface area (Å²) in [5.41, 5.74) is 1.91. The topological polar surface area (TPSA) is 30.7 Å². The summed E-state index contributed by atoms with van der Waals surface area (Å²) in [4.78, 5) is 10.1. The molecule has 3 nitrogen and oxygen atoms in total. The van der Waals surface area contributed by atoms with Gasteiger partial charge in [0.15, 0.2) is 0 Å². The van der Waals surface area contributed by atoms with E-state index < -0.39 is 0 Å². The highest BCUT2D eigenvalue weighted by atomic mass is 35.5. The first kappa shape index (κ1) is 12.9. The number of benzene rings is 1. The summed E-state index contributed by atoms with van der Waals surface area (Å²) in [6.07, 6.45) is 1.89. The number of aryl methyl sites for hydroxylation is 1. The van der Waals surface area contributed by atoms with E-state index in [0.29, 0.717) is 17.4 Å². The molecule has 3 rings (SSSR count). The van der Waals surface area contributed by atoms with Crippen molar-refractivity contribution in [3.63, 3.8) is 0 Å². The maximum atomic E-state index is 5.99. The lowest BCUT2D eigenvalue weighted by atomic mass is 10.3. The van der Waals surface area contributed by atoms with Gasteiger partial charge in [-0.25, -0.2) is 9.97 Å². The third-order valence-electron chi connectivity index (χ3n) is 2.87. The Bertz CT molecular complexity index is 733. The minimum atomic E-state index is 0.372. The van der Waals surface area contributed by atoms with Gasteiger partial charge in [-0.2, -0.15) is 0 Å². The monoisotopic (exact) mass is 311 g/mol. The van der Waals surface area contributed by atoms with Gasteiger partial charge in [0.1, 0.15) is 10.8 Å². The van der Waals surface area contributed by atoms with Crippen molar-refractivity contribution in [2.45, 2.75) is 19.3 Å². The van der Waals surface area contributed by atoms with Crippen LogP contribution in [-0.4, -0.2) is 14.5 Å². The zero-order chi connectivity index (χ0) is 13.4. The number of hydrogen-bond donors (Lipinski definition) is 0. The quantitative estimate of drug-likeness (QED) is 0.677. The largest absolute Gasteiger partial charge is 0.320 e. The molecule has 1 aromatic carbocycles. The van der Waals surface area contributed by atoms with Gasteiger partial charge >= 0.3 is 0 Å². The van der Waals surface area contributed by atoms with Gasteiger partial charge in [-0.3, -0.25) is 0 Å². The van der Waals surface area contributed by atoms with Gasteiger partial charge in [-0.1, -0.05) is 11.6 Å². The SMILES string of the molecule is Cc1cnc(Cn2c(CCl)nc3cc(Cl)ccc32)s1. The summed E-state index contributed by atoms with van der Waals surface area (Å²) in [5, 5.41) is 1.74. The number of nitrogens with zero attached hydrogens (tertiary/aromatic N) is 3. The summed E-state index contributed by atoms with van der Waals surface area (Å²) in [6.45, 7) is 2.74. The molecule has 0 aliphatic heterocycles. The standard InChI is InChI=1S/C13H11Cl2N3S/c1-8-6-16-13(19-8)7-18-11-3-2-9(15)4-10(11)17-12(18)5-14/h2-4,6H,5,7H2,1H3. The summed E-state index contributed by atoms with van der Waals surface area (Å²) >= 11 is 13.7. The molecular weight excluding hydrogens is 301 g/mol. The minimum Gasteiger partial charge on any atom is -0.320 e. The predicted octanol–water partition coefficient (Wildman–Crippen LogP) is 4.24. The van der Waals surface area contributed by atoms with Crippen LogP contribution in [0.4, 0.5) is 0 Å². The van der Waals surface area contributed by atoms with Crippen LogP contribution in [-0.2, 0) is 12.4 Å². The first-order valence-corrected chi connectivity index (χ1v) is 7.52. The molecule has 0 aliphatic carbocycles. The van der Waals surface area contributed by atoms with E-state index in [2.05, 4.69) is 21.5 Å². The fourth-order valence-electron chi connectivity index (χ4n) is 2.04. The van der Waals surface area contributed by atoms with Crippen molar-refractivity contribution in [2.24, 2.45) is 0 Å². The molecule has 2 heterocycles. The van der Waals surface area contributed by atoms with Crippen LogP contribution < -0.4 is 0 Å². The first-order valence-electron chi connectivity index (χ1n) is 5.79. The zero-order valence-electron chi connectivity index (χ0n) is 10.2. The highest BCUT2D eigenvalue weighted by molar-refractivity contribution is 7.11. The molecule has 0 N–H and O–H groups in total. The maximum absolute atomic E-state index is 5.99. The summed E-state index contributed by atoms with van der Waals surface area (Å²) in [6, 6.07) is 5.70. The summed E-state index contributed by atoms with van der Waals surface area (Å²) in [5.74, 6) is 1.21. The molecule has 6 heteroatoms. The predicted molar refractivity (Wildman–Crippen MR) is 80.3 cm³/mol. The van der Waals surface area contributed by atoms with Gasteiger partial charge in [0.2, 0.25) is 0 Å². The molecule has 0 spiro atoms. The number of imidazole rings is 1. The highest BCUT2D eigenvalue weighted by Gasteiger charge is 2.12. The highest BCUT2D eigenvalue weighted by Crippen LogP contribution is 2.23. The van der Waals surface area contributed by atoms with E-state index >= 15 is 0 Å². The second-order valence-corrected chi connectivity index (χ2v) is 6.27. The van der Waals surface area contributed by atoms with Crippen molar-refractivity contribution < 1.29 is 0 Å². The van der Waals surface area contributed by atoms with E-state index in [-0.39, 0.29) is 0 Å². The molecule has 98 valence electrons. The van der Waals surface area contributed by atoms with Crippen LogP contribution in [0, 0.1) is 6.92 Å². The Morgan fingerprint density at radius 3 is 2.89 bits per heavy atom. The first-order chi connectivity index (χ1) is 9.17. The minimum absolute atomic E-state index is 0.372. The van der Waals surface area contributed by atoms with E-state index in [4.69, 9.17) is 23.2 Å². The van der Waals surface area contributed by atoms with Crippen molar-refractivity contribution in [3.8, 4) is 0 Å². The Morgan fingerprint density at radius 2 is 2.21 bits per heavy atom. The average molecular weight is 312 g/mol. The van der Waals surface area contributed by atoms with Crippen LogP contribution in [0.25, 0.3) is 11.0 Å². The molecule has 2 aromatic heterocycles. The van der Waals surface area contributed by atoms with Crippen LogP contribution in [0.3, 0.4) is 0 Å². The molecule has 0 saturated carbocycles. The normalized spacial score (nSPS) is 11.3. The average Bonchev–Trinajstić information content (AvgIpc) is 2.94. The molecule has 3 aromatic rings. The molecule has 0 saturated heterocycles. The molecule has 0 amide bonds. The van der Waals surface area contributed by atoms with Crippen molar-refractivity contribution in [3.05, 3.63) is 45.1 Å². The lowest BCUT2D eigenvalue weighted by Gasteiger charge is -2.05. The summed E-state index contributed by atoms with van der Waals surface area (Å²) in [7, 11) is 0. The molecule has 0 fully saturated rings. The van der Waals surface area contributed by atoms with Crippen molar-refractivity contribution in [1.29, 1.82) is 0 Å². The molecule has 0 radical (unpaired) electrons. The van der Waals surface area contributed by atoms with Gasteiger partial charge in [-0.15, -0.1) is 22.9 Å². The van der Waals surface area contributed by atoms with E-state index in [0.717, 1.165) is 21.9 Å². The van der Waals surface area contributed by atoms with Crippen molar-refractivity contribution in [1.82, 2.24) is 14.5 Å². The smallest absolute Gasteiger partial charge is 0.125 e. The fourth-order valence-corrected chi connectivity index (χ4v) is 3.19. The molecule has 0 aliphatic rings. The fraction of sp³-hybridized carbons (Fsp3) is 0.231. The third kappa shape index (κ3) is 2.48. The number of fused-ring (bicyclic) bond motifs is 1. The van der Waals surface area contributed by atoms with E-state index in [1.54, 1.807) is 11.3 Å². The third-order valence-corrected chi connectivity index (χ3v) is 4.24. The van der Waals surface area contributed by atoms with E-state index in [9.17, 15) is 0 Å². The van der Waals surface area contributed by atoms with Gasteiger partial charge in [-0.05, 0) is 25.1 Å². The number of hydrogen-bond acceptors (Lipinski definition) is 3. The van der Waals surface area contributed by atoms with E-state index in [1.807, 2.05) is 24.4 Å². The molecule has 0 bridgehead atoms. The number of rotatable bonds is 3. The molecule has 0 unspecified atom stereocenters. The van der Waals surface area contributed by atoms with Gasteiger partial charge in [0, 0.05) is 16.1 Å². The Balaban J connectivity index is 2.10. The van der Waals surface area contributed by atoms with Crippen LogP contribution >= 0.6 is 34.5 Å². The number of aromatic nitrogens is 3. The number of thiazole rings is 1. The second-order valence-electron chi connectivity index (χ2n) is 4.25. The number of halogens is 2.